The third-order valence-corrected chi connectivity index (χ3v) is 3.61. The maximum absolute atomic E-state index is 11.3. The molecule has 7 heteroatoms. The second kappa shape index (κ2) is 8.12. The van der Waals surface area contributed by atoms with Gasteiger partial charge in [-0.05, 0) is 57.3 Å². The van der Waals surface area contributed by atoms with Crippen LogP contribution in [0.2, 0.25) is 0 Å². The first-order valence-electron chi connectivity index (χ1n) is 7.73. The smallest absolute Gasteiger partial charge is 0.413 e. The molecule has 1 fully saturated rings. The van der Waals surface area contributed by atoms with Crippen LogP contribution in [0, 0.1) is 0 Å². The molecule has 126 valence electrons. The van der Waals surface area contributed by atoms with Crippen molar-refractivity contribution in [2.75, 3.05) is 29.9 Å². The van der Waals surface area contributed by atoms with Crippen molar-refractivity contribution in [1.29, 1.82) is 0 Å². The molecule has 2 N–H and O–H groups in total. The highest BCUT2D eigenvalue weighted by Gasteiger charge is 2.22. The van der Waals surface area contributed by atoms with Gasteiger partial charge in [-0.15, -0.1) is 0 Å². The minimum absolute atomic E-state index is 0.213. The van der Waals surface area contributed by atoms with Crippen LogP contribution < -0.4 is 15.5 Å². The highest BCUT2D eigenvalue weighted by Crippen LogP contribution is 2.22. The SMILES string of the molecule is CCOC(=O)NC(=S)Nc1ccc(N2C[C@@H](C)O[C@H](C)C2)cc1. The normalized spacial score (nSPS) is 20.7. The summed E-state index contributed by atoms with van der Waals surface area (Å²) in [7, 11) is 0. The Morgan fingerprint density at radius 1 is 1.30 bits per heavy atom. The maximum atomic E-state index is 11.3. The highest BCUT2D eigenvalue weighted by molar-refractivity contribution is 7.80. The molecule has 23 heavy (non-hydrogen) atoms. The average Bonchev–Trinajstić information content (AvgIpc) is 2.47. The molecule has 1 aromatic rings. The Morgan fingerprint density at radius 2 is 1.91 bits per heavy atom. The van der Waals surface area contributed by atoms with E-state index in [0.29, 0.717) is 6.61 Å². The summed E-state index contributed by atoms with van der Waals surface area (Å²) in [5.74, 6) is 0. The van der Waals surface area contributed by atoms with Gasteiger partial charge in [0.1, 0.15) is 0 Å². The van der Waals surface area contributed by atoms with Gasteiger partial charge >= 0.3 is 6.09 Å². The molecule has 0 aromatic heterocycles. The van der Waals surface area contributed by atoms with Crippen molar-refractivity contribution in [1.82, 2.24) is 5.32 Å². The van der Waals surface area contributed by atoms with Crippen LogP contribution in [0.5, 0.6) is 0 Å². The van der Waals surface area contributed by atoms with E-state index in [9.17, 15) is 4.79 Å². The molecule has 1 amide bonds. The van der Waals surface area contributed by atoms with E-state index >= 15 is 0 Å². The first kappa shape index (κ1) is 17.5. The van der Waals surface area contributed by atoms with Gasteiger partial charge in [0.05, 0.1) is 18.8 Å². The molecular weight excluding hydrogens is 314 g/mol. The zero-order chi connectivity index (χ0) is 16.8. The monoisotopic (exact) mass is 337 g/mol. The Balaban J connectivity index is 1.91. The van der Waals surface area contributed by atoms with E-state index < -0.39 is 6.09 Å². The number of carbonyl (C=O) groups excluding carboxylic acids is 1. The van der Waals surface area contributed by atoms with Crippen LogP contribution in [0.25, 0.3) is 0 Å². The number of hydrogen-bond donors (Lipinski definition) is 2. The van der Waals surface area contributed by atoms with Gasteiger partial charge in [-0.1, -0.05) is 0 Å². The average molecular weight is 337 g/mol. The molecule has 0 radical (unpaired) electrons. The number of hydrogen-bond acceptors (Lipinski definition) is 5. The van der Waals surface area contributed by atoms with Crippen molar-refractivity contribution in [3.05, 3.63) is 24.3 Å². The third-order valence-electron chi connectivity index (χ3n) is 3.40. The number of benzene rings is 1. The van der Waals surface area contributed by atoms with Crippen LogP contribution in [0.15, 0.2) is 24.3 Å². The Labute approximate surface area is 142 Å². The molecule has 6 nitrogen and oxygen atoms in total. The summed E-state index contributed by atoms with van der Waals surface area (Å²) < 4.78 is 10.5. The molecule has 0 aliphatic carbocycles. The molecule has 1 aromatic carbocycles. The lowest BCUT2D eigenvalue weighted by molar-refractivity contribution is -0.00521. The first-order valence-corrected chi connectivity index (χ1v) is 8.14. The zero-order valence-corrected chi connectivity index (χ0v) is 14.5. The maximum Gasteiger partial charge on any atom is 0.413 e. The van der Waals surface area contributed by atoms with Crippen molar-refractivity contribution < 1.29 is 14.3 Å². The van der Waals surface area contributed by atoms with Gasteiger partial charge in [-0.25, -0.2) is 4.79 Å². The zero-order valence-electron chi connectivity index (χ0n) is 13.7. The number of thiocarbonyl (C=S) groups is 1. The Hall–Kier alpha value is -1.86. The molecule has 2 rings (SSSR count). The predicted octanol–water partition coefficient (Wildman–Crippen LogP) is 2.74. The molecule has 1 aliphatic heterocycles. The lowest BCUT2D eigenvalue weighted by atomic mass is 10.2. The van der Waals surface area contributed by atoms with E-state index in [1.807, 2.05) is 24.3 Å². The van der Waals surface area contributed by atoms with Crippen LogP contribution in [-0.2, 0) is 9.47 Å². The number of amides is 1. The second-order valence-corrected chi connectivity index (χ2v) is 5.92. The molecule has 0 unspecified atom stereocenters. The summed E-state index contributed by atoms with van der Waals surface area (Å²) in [4.78, 5) is 13.6. The van der Waals surface area contributed by atoms with E-state index in [4.69, 9.17) is 21.7 Å². The van der Waals surface area contributed by atoms with E-state index in [2.05, 4.69) is 29.4 Å². The van der Waals surface area contributed by atoms with E-state index in [0.717, 1.165) is 24.5 Å². The number of rotatable bonds is 3. The summed E-state index contributed by atoms with van der Waals surface area (Å²) in [6.07, 6.45) is -0.117. The summed E-state index contributed by atoms with van der Waals surface area (Å²) >= 11 is 5.07. The van der Waals surface area contributed by atoms with Gasteiger partial charge in [-0.3, -0.25) is 5.32 Å². The quantitative estimate of drug-likeness (QED) is 0.827. The summed E-state index contributed by atoms with van der Waals surface area (Å²) in [6.45, 7) is 7.96. The summed E-state index contributed by atoms with van der Waals surface area (Å²) in [5.41, 5.74) is 1.95. The van der Waals surface area contributed by atoms with Crippen LogP contribution in [0.4, 0.5) is 16.2 Å². The van der Waals surface area contributed by atoms with Gasteiger partial charge in [0, 0.05) is 24.5 Å². The number of carbonyl (C=O) groups is 1. The minimum atomic E-state index is -0.557. The number of alkyl carbamates (subject to hydrolysis) is 1. The topological polar surface area (TPSA) is 62.8 Å². The van der Waals surface area contributed by atoms with Gasteiger partial charge in [0.2, 0.25) is 0 Å². The lowest BCUT2D eigenvalue weighted by Gasteiger charge is -2.36. The largest absolute Gasteiger partial charge is 0.450 e. The van der Waals surface area contributed by atoms with Crippen LogP contribution >= 0.6 is 12.2 Å². The van der Waals surface area contributed by atoms with E-state index in [-0.39, 0.29) is 17.3 Å². The number of nitrogens with one attached hydrogen (secondary N) is 2. The Morgan fingerprint density at radius 3 is 2.48 bits per heavy atom. The highest BCUT2D eigenvalue weighted by atomic mass is 32.1. The molecular formula is C16H23N3O3S. The van der Waals surface area contributed by atoms with Gasteiger partial charge < -0.3 is 19.7 Å². The number of morpholine rings is 1. The lowest BCUT2D eigenvalue weighted by Crippen LogP contribution is -2.45. The minimum Gasteiger partial charge on any atom is -0.450 e. The Kier molecular flexibility index (Phi) is 6.18. The molecule has 0 spiro atoms. The summed E-state index contributed by atoms with van der Waals surface area (Å²) in [6, 6.07) is 7.92. The fourth-order valence-corrected chi connectivity index (χ4v) is 2.77. The Bertz CT molecular complexity index is 540. The van der Waals surface area contributed by atoms with Crippen LogP contribution in [-0.4, -0.2) is 43.1 Å². The fourth-order valence-electron chi connectivity index (χ4n) is 2.57. The molecule has 2 atom stereocenters. The van der Waals surface area contributed by atoms with Gasteiger partial charge in [0.15, 0.2) is 5.11 Å². The predicted molar refractivity (Wildman–Crippen MR) is 95.0 cm³/mol. The first-order chi connectivity index (χ1) is 11.0. The molecule has 1 saturated heterocycles. The number of nitrogens with zero attached hydrogens (tertiary/aromatic N) is 1. The van der Waals surface area contributed by atoms with E-state index in [1.165, 1.54) is 0 Å². The number of ether oxygens (including phenoxy) is 2. The van der Waals surface area contributed by atoms with Gasteiger partial charge in [-0.2, -0.15) is 0 Å². The van der Waals surface area contributed by atoms with Crippen LogP contribution in [0.3, 0.4) is 0 Å². The van der Waals surface area contributed by atoms with Crippen LogP contribution in [0.1, 0.15) is 20.8 Å². The third kappa shape index (κ3) is 5.37. The number of anilines is 2. The van der Waals surface area contributed by atoms with Gasteiger partial charge in [0.25, 0.3) is 0 Å². The molecule has 1 aliphatic rings. The molecule has 1 heterocycles. The van der Waals surface area contributed by atoms with Crippen molar-refractivity contribution in [2.45, 2.75) is 33.0 Å². The van der Waals surface area contributed by atoms with Crippen molar-refractivity contribution in [3.63, 3.8) is 0 Å². The van der Waals surface area contributed by atoms with Crippen molar-refractivity contribution in [3.8, 4) is 0 Å². The molecule has 0 saturated carbocycles. The molecule has 0 bridgehead atoms. The van der Waals surface area contributed by atoms with Crippen molar-refractivity contribution in [2.24, 2.45) is 0 Å². The van der Waals surface area contributed by atoms with E-state index in [1.54, 1.807) is 6.92 Å². The second-order valence-electron chi connectivity index (χ2n) is 5.51. The summed E-state index contributed by atoms with van der Waals surface area (Å²) in [5, 5.41) is 5.62. The van der Waals surface area contributed by atoms with Crippen molar-refractivity contribution >= 4 is 34.8 Å². The fraction of sp³-hybridized carbons (Fsp3) is 0.500. The standard InChI is InChI=1S/C16H23N3O3S/c1-4-21-16(20)18-15(23)17-13-5-7-14(8-6-13)19-9-11(2)22-12(3)10-19/h5-8,11-12H,4,9-10H2,1-3H3,(H2,17,18,20,23)/t11-,12-/m1/s1.